The average Bonchev–Trinajstić information content (AvgIpc) is 2.91. The van der Waals surface area contributed by atoms with Crippen molar-refractivity contribution in [3.63, 3.8) is 0 Å². The van der Waals surface area contributed by atoms with Gasteiger partial charge in [-0.15, -0.1) is 0 Å². The van der Waals surface area contributed by atoms with Gasteiger partial charge in [-0.2, -0.15) is 0 Å². The summed E-state index contributed by atoms with van der Waals surface area (Å²) < 4.78 is 0. The van der Waals surface area contributed by atoms with Crippen LogP contribution < -0.4 is 0 Å². The summed E-state index contributed by atoms with van der Waals surface area (Å²) in [6, 6.07) is 14.7. The molecule has 0 aliphatic carbocycles. The Labute approximate surface area is 101 Å². The minimum Gasteiger partial charge on any atom is -0.296 e. The van der Waals surface area contributed by atoms with Crippen molar-refractivity contribution in [2.45, 2.75) is 11.8 Å². The van der Waals surface area contributed by atoms with Crippen LogP contribution in [0.2, 0.25) is 0 Å². The Bertz CT molecular complexity index is 478. The van der Waals surface area contributed by atoms with E-state index in [-0.39, 0.29) is 5.41 Å². The van der Waals surface area contributed by atoms with Crippen LogP contribution in [0.5, 0.6) is 0 Å². The summed E-state index contributed by atoms with van der Waals surface area (Å²) in [4.78, 5) is 8.68. The van der Waals surface area contributed by atoms with Crippen LogP contribution in [0.3, 0.4) is 0 Å². The highest BCUT2D eigenvalue weighted by Crippen LogP contribution is 2.36. The SMILES string of the molecule is C1=NCCC1(c1ccccc1)c1cccnc1. The lowest BCUT2D eigenvalue weighted by Crippen LogP contribution is -2.27. The highest BCUT2D eigenvalue weighted by atomic mass is 14.8. The molecular weight excluding hydrogens is 208 g/mol. The van der Waals surface area contributed by atoms with Crippen molar-refractivity contribution in [2.75, 3.05) is 6.54 Å². The molecule has 0 spiro atoms. The first-order chi connectivity index (χ1) is 8.42. The zero-order chi connectivity index (χ0) is 11.6. The molecule has 1 aromatic carbocycles. The highest BCUT2D eigenvalue weighted by molar-refractivity contribution is 5.80. The number of nitrogens with zero attached hydrogens (tertiary/aromatic N) is 2. The van der Waals surface area contributed by atoms with Gasteiger partial charge in [0.15, 0.2) is 0 Å². The van der Waals surface area contributed by atoms with Gasteiger partial charge in [-0.1, -0.05) is 36.4 Å². The number of pyridine rings is 1. The van der Waals surface area contributed by atoms with E-state index in [0.29, 0.717) is 0 Å². The van der Waals surface area contributed by atoms with Crippen LogP contribution in [0.4, 0.5) is 0 Å². The van der Waals surface area contributed by atoms with E-state index in [9.17, 15) is 0 Å². The lowest BCUT2D eigenvalue weighted by Gasteiger charge is -2.26. The first-order valence-electron chi connectivity index (χ1n) is 5.89. The molecule has 3 rings (SSSR count). The lowest BCUT2D eigenvalue weighted by atomic mass is 9.75. The van der Waals surface area contributed by atoms with Gasteiger partial charge in [0.2, 0.25) is 0 Å². The number of rotatable bonds is 2. The minimum absolute atomic E-state index is 0.0739. The molecular formula is C15H14N2. The number of hydrogen-bond donors (Lipinski definition) is 0. The molecule has 0 radical (unpaired) electrons. The number of aromatic nitrogens is 1. The van der Waals surface area contributed by atoms with Gasteiger partial charge in [-0.05, 0) is 23.6 Å². The highest BCUT2D eigenvalue weighted by Gasteiger charge is 2.34. The van der Waals surface area contributed by atoms with E-state index in [4.69, 9.17) is 0 Å². The third-order valence-corrected chi connectivity index (χ3v) is 3.41. The second-order valence-corrected chi connectivity index (χ2v) is 4.36. The molecule has 1 aromatic heterocycles. The van der Waals surface area contributed by atoms with Gasteiger partial charge < -0.3 is 0 Å². The Hall–Kier alpha value is -1.96. The molecule has 0 fully saturated rings. The fourth-order valence-electron chi connectivity index (χ4n) is 2.49. The minimum atomic E-state index is -0.0739. The average molecular weight is 222 g/mol. The summed E-state index contributed by atoms with van der Waals surface area (Å²) in [6.07, 6.45) is 6.88. The van der Waals surface area contributed by atoms with E-state index < -0.39 is 0 Å². The fourth-order valence-corrected chi connectivity index (χ4v) is 2.49. The Morgan fingerprint density at radius 1 is 0.941 bits per heavy atom. The number of hydrogen-bond acceptors (Lipinski definition) is 2. The predicted octanol–water partition coefficient (Wildman–Crippen LogP) is 2.84. The molecule has 2 aromatic rings. The first-order valence-corrected chi connectivity index (χ1v) is 5.89. The van der Waals surface area contributed by atoms with Crippen LogP contribution in [-0.2, 0) is 5.41 Å². The van der Waals surface area contributed by atoms with Gasteiger partial charge in [0.05, 0.1) is 5.41 Å². The molecule has 84 valence electrons. The summed E-state index contributed by atoms with van der Waals surface area (Å²) in [5.41, 5.74) is 2.46. The maximum absolute atomic E-state index is 4.44. The second kappa shape index (κ2) is 4.13. The van der Waals surface area contributed by atoms with Gasteiger partial charge in [0, 0.05) is 25.2 Å². The van der Waals surface area contributed by atoms with E-state index in [1.807, 2.05) is 24.5 Å². The second-order valence-electron chi connectivity index (χ2n) is 4.36. The third kappa shape index (κ3) is 1.66. The van der Waals surface area contributed by atoms with E-state index in [1.54, 1.807) is 0 Å². The van der Waals surface area contributed by atoms with E-state index in [0.717, 1.165) is 13.0 Å². The smallest absolute Gasteiger partial charge is 0.0582 e. The molecule has 17 heavy (non-hydrogen) atoms. The van der Waals surface area contributed by atoms with Crippen LogP contribution in [0.25, 0.3) is 0 Å². The Morgan fingerprint density at radius 2 is 1.76 bits per heavy atom. The lowest BCUT2D eigenvalue weighted by molar-refractivity contribution is 0.676. The standard InChI is InChI=1S/C15H14N2/c1-2-5-13(6-3-1)15(8-10-17-12-15)14-7-4-9-16-11-14/h1-7,9,11-12H,8,10H2. The van der Waals surface area contributed by atoms with Gasteiger partial charge in [-0.25, -0.2) is 0 Å². The maximum atomic E-state index is 4.44. The molecule has 0 saturated heterocycles. The largest absolute Gasteiger partial charge is 0.296 e. The van der Waals surface area contributed by atoms with Gasteiger partial charge in [-0.3, -0.25) is 9.98 Å². The summed E-state index contributed by atoms with van der Waals surface area (Å²) in [5, 5.41) is 0. The third-order valence-electron chi connectivity index (χ3n) is 3.41. The van der Waals surface area contributed by atoms with Gasteiger partial charge in [0.1, 0.15) is 0 Å². The van der Waals surface area contributed by atoms with E-state index >= 15 is 0 Å². The van der Waals surface area contributed by atoms with Crippen molar-refractivity contribution < 1.29 is 0 Å². The Morgan fingerprint density at radius 3 is 2.41 bits per heavy atom. The normalized spacial score (nSPS) is 22.8. The molecule has 0 bridgehead atoms. The quantitative estimate of drug-likeness (QED) is 0.767. The van der Waals surface area contributed by atoms with E-state index in [1.165, 1.54) is 11.1 Å². The summed E-state index contributed by atoms with van der Waals surface area (Å²) in [6.45, 7) is 0.893. The van der Waals surface area contributed by atoms with Crippen molar-refractivity contribution in [3.8, 4) is 0 Å². The molecule has 2 heterocycles. The molecule has 2 heteroatoms. The predicted molar refractivity (Wildman–Crippen MR) is 69.4 cm³/mol. The number of benzene rings is 1. The van der Waals surface area contributed by atoms with Gasteiger partial charge >= 0.3 is 0 Å². The fraction of sp³-hybridized carbons (Fsp3) is 0.200. The van der Waals surface area contributed by atoms with Crippen LogP contribution in [-0.4, -0.2) is 17.7 Å². The molecule has 1 unspecified atom stereocenters. The van der Waals surface area contributed by atoms with Crippen LogP contribution in [0.1, 0.15) is 17.5 Å². The molecule has 0 amide bonds. The zero-order valence-electron chi connectivity index (χ0n) is 9.58. The van der Waals surface area contributed by atoms with Crippen molar-refractivity contribution in [1.82, 2.24) is 4.98 Å². The zero-order valence-corrected chi connectivity index (χ0v) is 9.58. The van der Waals surface area contributed by atoms with Crippen molar-refractivity contribution in [1.29, 1.82) is 0 Å². The molecule has 2 nitrogen and oxygen atoms in total. The maximum Gasteiger partial charge on any atom is 0.0582 e. The molecule has 1 aliphatic heterocycles. The molecule has 0 N–H and O–H groups in total. The van der Waals surface area contributed by atoms with Crippen molar-refractivity contribution >= 4 is 6.21 Å². The van der Waals surface area contributed by atoms with Crippen LogP contribution in [0, 0.1) is 0 Å². The van der Waals surface area contributed by atoms with Crippen LogP contribution >= 0.6 is 0 Å². The van der Waals surface area contributed by atoms with Crippen LogP contribution in [0.15, 0.2) is 59.9 Å². The topological polar surface area (TPSA) is 25.2 Å². The number of aliphatic imine (C=N–C) groups is 1. The molecule has 1 atom stereocenters. The Kier molecular flexibility index (Phi) is 2.48. The summed E-state index contributed by atoms with van der Waals surface area (Å²) in [5.74, 6) is 0. The first kappa shape index (κ1) is 10.2. The summed E-state index contributed by atoms with van der Waals surface area (Å²) >= 11 is 0. The molecule has 1 aliphatic rings. The Balaban J connectivity index is 2.15. The van der Waals surface area contributed by atoms with E-state index in [2.05, 4.69) is 46.5 Å². The van der Waals surface area contributed by atoms with Gasteiger partial charge in [0.25, 0.3) is 0 Å². The van der Waals surface area contributed by atoms with Crippen molar-refractivity contribution in [3.05, 3.63) is 66.0 Å². The molecule has 0 saturated carbocycles. The van der Waals surface area contributed by atoms with Crippen molar-refractivity contribution in [2.24, 2.45) is 4.99 Å². The monoisotopic (exact) mass is 222 g/mol. The summed E-state index contributed by atoms with van der Waals surface area (Å²) in [7, 11) is 0.